The van der Waals surface area contributed by atoms with Gasteiger partial charge in [-0.15, -0.1) is 0 Å². The molecule has 1 rings (SSSR count). The highest BCUT2D eigenvalue weighted by Crippen LogP contribution is 2.36. The fourth-order valence-corrected chi connectivity index (χ4v) is 1.82. The highest BCUT2D eigenvalue weighted by Gasteiger charge is 2.11. The molecule has 0 saturated heterocycles. The molecule has 0 radical (unpaired) electrons. The predicted octanol–water partition coefficient (Wildman–Crippen LogP) is 2.31. The van der Waals surface area contributed by atoms with E-state index in [0.29, 0.717) is 29.7 Å². The van der Waals surface area contributed by atoms with Crippen LogP contribution in [0.1, 0.15) is 18.9 Å². The van der Waals surface area contributed by atoms with Crippen molar-refractivity contribution in [1.29, 1.82) is 0 Å². The summed E-state index contributed by atoms with van der Waals surface area (Å²) in [4.78, 5) is 10.4. The Morgan fingerprint density at radius 3 is 2.79 bits per heavy atom. The number of ether oxygens (including phenoxy) is 2. The molecule has 106 valence electrons. The Hall–Kier alpha value is -1.46. The molecule has 0 aliphatic heterocycles. The maximum absolute atomic E-state index is 10.4. The average Bonchev–Trinajstić information content (AvgIpc) is 2.36. The van der Waals surface area contributed by atoms with E-state index in [9.17, 15) is 4.79 Å². The van der Waals surface area contributed by atoms with Crippen LogP contribution in [0.15, 0.2) is 12.1 Å². The van der Waals surface area contributed by atoms with Crippen molar-refractivity contribution < 1.29 is 19.4 Å². The number of nitrogens with one attached hydrogen (secondary N) is 1. The highest BCUT2D eigenvalue weighted by atomic mass is 35.5. The standard InChI is InChI=1S/C13H18ClNO4/c1-3-4-19-13-10(14)5-9(6-11(13)18-2)7-15-8-12(16)17/h5-6,15H,3-4,7-8H2,1-2H3,(H,16,17). The number of carbonyl (C=O) groups is 1. The number of rotatable bonds is 8. The Kier molecular flexibility index (Phi) is 6.45. The minimum absolute atomic E-state index is 0.103. The topological polar surface area (TPSA) is 67.8 Å². The van der Waals surface area contributed by atoms with Gasteiger partial charge in [0.15, 0.2) is 11.5 Å². The first-order chi connectivity index (χ1) is 9.08. The number of carboxylic acids is 1. The molecule has 0 atom stereocenters. The van der Waals surface area contributed by atoms with E-state index < -0.39 is 5.97 Å². The second-order valence-electron chi connectivity index (χ2n) is 3.95. The van der Waals surface area contributed by atoms with Crippen molar-refractivity contribution in [2.45, 2.75) is 19.9 Å². The number of methoxy groups -OCH3 is 1. The summed E-state index contributed by atoms with van der Waals surface area (Å²) in [7, 11) is 1.54. The lowest BCUT2D eigenvalue weighted by Crippen LogP contribution is -2.21. The van der Waals surface area contributed by atoms with E-state index in [2.05, 4.69) is 5.32 Å². The Labute approximate surface area is 117 Å². The molecule has 2 N–H and O–H groups in total. The maximum Gasteiger partial charge on any atom is 0.317 e. The molecule has 0 fully saturated rings. The minimum atomic E-state index is -0.902. The zero-order valence-electron chi connectivity index (χ0n) is 11.0. The van der Waals surface area contributed by atoms with Gasteiger partial charge in [-0.3, -0.25) is 4.79 Å². The smallest absolute Gasteiger partial charge is 0.317 e. The first-order valence-electron chi connectivity index (χ1n) is 6.00. The van der Waals surface area contributed by atoms with Gasteiger partial charge in [0, 0.05) is 6.54 Å². The van der Waals surface area contributed by atoms with Crippen LogP contribution >= 0.6 is 11.6 Å². The molecule has 6 heteroatoms. The summed E-state index contributed by atoms with van der Waals surface area (Å²) in [6.07, 6.45) is 0.876. The van der Waals surface area contributed by atoms with Crippen molar-refractivity contribution in [2.75, 3.05) is 20.3 Å². The van der Waals surface area contributed by atoms with Gasteiger partial charge in [0.2, 0.25) is 0 Å². The zero-order valence-corrected chi connectivity index (χ0v) is 11.8. The molecular formula is C13H18ClNO4. The third-order valence-electron chi connectivity index (χ3n) is 2.35. The third-order valence-corrected chi connectivity index (χ3v) is 2.63. The molecule has 0 heterocycles. The van der Waals surface area contributed by atoms with Crippen LogP contribution in [0.3, 0.4) is 0 Å². The predicted molar refractivity (Wildman–Crippen MR) is 73.1 cm³/mol. The number of halogens is 1. The first-order valence-corrected chi connectivity index (χ1v) is 6.38. The van der Waals surface area contributed by atoms with Crippen molar-refractivity contribution >= 4 is 17.6 Å². The summed E-state index contributed by atoms with van der Waals surface area (Å²) in [6, 6.07) is 3.52. The van der Waals surface area contributed by atoms with Crippen molar-refractivity contribution in [1.82, 2.24) is 5.32 Å². The normalized spacial score (nSPS) is 10.3. The second-order valence-corrected chi connectivity index (χ2v) is 4.36. The van der Waals surface area contributed by atoms with E-state index in [-0.39, 0.29) is 6.54 Å². The summed E-state index contributed by atoms with van der Waals surface area (Å²) in [5.74, 6) is 0.169. The van der Waals surface area contributed by atoms with Crippen molar-refractivity contribution in [3.63, 3.8) is 0 Å². The highest BCUT2D eigenvalue weighted by molar-refractivity contribution is 6.32. The molecule has 5 nitrogen and oxygen atoms in total. The van der Waals surface area contributed by atoms with Gasteiger partial charge in [0.25, 0.3) is 0 Å². The number of aliphatic carboxylic acids is 1. The third kappa shape index (κ3) is 4.96. The van der Waals surface area contributed by atoms with E-state index in [4.69, 9.17) is 26.2 Å². The van der Waals surface area contributed by atoms with Crippen LogP contribution in [0.5, 0.6) is 11.5 Å². The summed E-state index contributed by atoms with van der Waals surface area (Å²) < 4.78 is 10.8. The van der Waals surface area contributed by atoms with E-state index in [0.717, 1.165) is 12.0 Å². The van der Waals surface area contributed by atoms with Gasteiger partial charge >= 0.3 is 5.97 Å². The van der Waals surface area contributed by atoms with Crippen molar-refractivity contribution in [3.05, 3.63) is 22.7 Å². The van der Waals surface area contributed by atoms with Gasteiger partial charge < -0.3 is 19.9 Å². The van der Waals surface area contributed by atoms with Gasteiger partial charge in [0.05, 0.1) is 25.3 Å². The molecule has 0 bridgehead atoms. The van der Waals surface area contributed by atoms with Gasteiger partial charge in [0.1, 0.15) is 0 Å². The summed E-state index contributed by atoms with van der Waals surface area (Å²) in [5, 5.41) is 11.8. The van der Waals surface area contributed by atoms with Crippen LogP contribution in [-0.4, -0.2) is 31.3 Å². The van der Waals surface area contributed by atoms with Crippen LogP contribution < -0.4 is 14.8 Å². The van der Waals surface area contributed by atoms with E-state index in [1.807, 2.05) is 6.92 Å². The maximum atomic E-state index is 10.4. The molecule has 19 heavy (non-hydrogen) atoms. The fraction of sp³-hybridized carbons (Fsp3) is 0.462. The first kappa shape index (κ1) is 15.6. The molecule has 1 aromatic carbocycles. The Balaban J connectivity index is 2.80. The van der Waals surface area contributed by atoms with Crippen LogP contribution in [-0.2, 0) is 11.3 Å². The lowest BCUT2D eigenvalue weighted by molar-refractivity contribution is -0.135. The molecule has 0 unspecified atom stereocenters. The van der Waals surface area contributed by atoms with Gasteiger partial charge in [-0.1, -0.05) is 18.5 Å². The lowest BCUT2D eigenvalue weighted by Gasteiger charge is -2.13. The minimum Gasteiger partial charge on any atom is -0.493 e. The number of hydrogen-bond acceptors (Lipinski definition) is 4. The van der Waals surface area contributed by atoms with Crippen LogP contribution in [0, 0.1) is 0 Å². The number of benzene rings is 1. The molecular weight excluding hydrogens is 270 g/mol. The Morgan fingerprint density at radius 1 is 1.47 bits per heavy atom. The van der Waals surface area contributed by atoms with Crippen molar-refractivity contribution in [2.24, 2.45) is 0 Å². The molecule has 1 aromatic rings. The van der Waals surface area contributed by atoms with Gasteiger partial charge in [-0.05, 0) is 24.1 Å². The fourth-order valence-electron chi connectivity index (χ4n) is 1.53. The van der Waals surface area contributed by atoms with E-state index in [1.165, 1.54) is 0 Å². The monoisotopic (exact) mass is 287 g/mol. The quantitative estimate of drug-likeness (QED) is 0.768. The van der Waals surface area contributed by atoms with Gasteiger partial charge in [-0.25, -0.2) is 0 Å². The van der Waals surface area contributed by atoms with E-state index >= 15 is 0 Å². The van der Waals surface area contributed by atoms with E-state index in [1.54, 1.807) is 19.2 Å². The second kappa shape index (κ2) is 7.86. The zero-order chi connectivity index (χ0) is 14.3. The summed E-state index contributed by atoms with van der Waals surface area (Å²) >= 11 is 6.14. The van der Waals surface area contributed by atoms with Crippen LogP contribution in [0.25, 0.3) is 0 Å². The van der Waals surface area contributed by atoms with Gasteiger partial charge in [-0.2, -0.15) is 0 Å². The molecule has 0 aliphatic rings. The SMILES string of the molecule is CCCOc1c(Cl)cc(CNCC(=O)O)cc1OC. The average molecular weight is 288 g/mol. The summed E-state index contributed by atoms with van der Waals surface area (Å²) in [5.41, 5.74) is 0.840. The summed E-state index contributed by atoms with van der Waals surface area (Å²) in [6.45, 7) is 2.86. The van der Waals surface area contributed by atoms with Crippen LogP contribution in [0.2, 0.25) is 5.02 Å². The molecule has 0 amide bonds. The largest absolute Gasteiger partial charge is 0.493 e. The molecule has 0 aromatic heterocycles. The number of carboxylic acid groups (broad SMARTS) is 1. The van der Waals surface area contributed by atoms with Crippen LogP contribution in [0.4, 0.5) is 0 Å². The Morgan fingerprint density at radius 2 is 2.21 bits per heavy atom. The molecule has 0 spiro atoms. The lowest BCUT2D eigenvalue weighted by atomic mass is 10.2. The van der Waals surface area contributed by atoms with Crippen molar-refractivity contribution in [3.8, 4) is 11.5 Å². The number of hydrogen-bond donors (Lipinski definition) is 2. The molecule has 0 saturated carbocycles. The Bertz CT molecular complexity index is 437. The molecule has 0 aliphatic carbocycles.